The molecule has 0 aliphatic rings. The van der Waals surface area contributed by atoms with E-state index in [2.05, 4.69) is 0 Å². The molecule has 0 aromatic heterocycles. The van der Waals surface area contributed by atoms with Crippen LogP contribution in [0.1, 0.15) is 0 Å². The Morgan fingerprint density at radius 3 is 1.85 bits per heavy atom. The van der Waals surface area contributed by atoms with Gasteiger partial charge in [0.1, 0.15) is 24.4 Å². The molecule has 0 aliphatic heterocycles. The third kappa shape index (κ3) is 4.27. The van der Waals surface area contributed by atoms with Crippen LogP contribution in [0.5, 0.6) is 0 Å². The van der Waals surface area contributed by atoms with E-state index in [0.717, 1.165) is 0 Å². The number of rotatable bonds is 5. The minimum absolute atomic E-state index is 0. The lowest BCUT2D eigenvalue weighted by atomic mass is 10.0. The van der Waals surface area contributed by atoms with Crippen molar-refractivity contribution in [1.29, 1.82) is 0 Å². The van der Waals surface area contributed by atoms with Crippen LogP contribution in [-0.4, -0.2) is 62.8 Å². The summed E-state index contributed by atoms with van der Waals surface area (Å²) in [7, 11) is 0. The highest BCUT2D eigenvalue weighted by molar-refractivity contribution is 5.56. The average molecular weight is 197 g/mol. The van der Waals surface area contributed by atoms with Crippen molar-refractivity contribution in [2.45, 2.75) is 24.4 Å². The van der Waals surface area contributed by atoms with E-state index in [-0.39, 0.29) is 12.4 Å². The van der Waals surface area contributed by atoms with Crippen molar-refractivity contribution >= 4 is 6.29 Å². The Morgan fingerprint density at radius 2 is 1.54 bits per heavy atom. The SMILES string of the molecule is N.O=C[C@H](O)[C@@H](O)[C@@H](O)[C@H](O)CO. The predicted molar refractivity (Wildman–Crippen MR) is 42.2 cm³/mol. The maximum absolute atomic E-state index is 9.90. The summed E-state index contributed by atoms with van der Waals surface area (Å²) in [5.74, 6) is 0. The number of aliphatic hydroxyl groups excluding tert-OH is 5. The molecule has 0 aliphatic carbocycles. The van der Waals surface area contributed by atoms with Gasteiger partial charge in [0.2, 0.25) is 0 Å². The fraction of sp³-hybridized carbons (Fsp3) is 0.833. The molecule has 13 heavy (non-hydrogen) atoms. The van der Waals surface area contributed by atoms with Gasteiger partial charge in [0.25, 0.3) is 0 Å². The van der Waals surface area contributed by atoms with E-state index in [1.54, 1.807) is 0 Å². The molecule has 7 nitrogen and oxygen atoms in total. The Morgan fingerprint density at radius 1 is 1.08 bits per heavy atom. The van der Waals surface area contributed by atoms with Crippen LogP contribution in [0.15, 0.2) is 0 Å². The zero-order valence-electron chi connectivity index (χ0n) is 6.95. The van der Waals surface area contributed by atoms with Gasteiger partial charge >= 0.3 is 0 Å². The van der Waals surface area contributed by atoms with Crippen molar-refractivity contribution in [2.24, 2.45) is 0 Å². The summed E-state index contributed by atoms with van der Waals surface area (Å²) in [5, 5.41) is 43.5. The van der Waals surface area contributed by atoms with Crippen LogP contribution in [0.4, 0.5) is 0 Å². The highest BCUT2D eigenvalue weighted by Crippen LogP contribution is 2.02. The van der Waals surface area contributed by atoms with Crippen molar-refractivity contribution < 1.29 is 30.3 Å². The van der Waals surface area contributed by atoms with Crippen LogP contribution in [0.25, 0.3) is 0 Å². The second kappa shape index (κ2) is 6.89. The number of hydrogen-bond acceptors (Lipinski definition) is 7. The van der Waals surface area contributed by atoms with Crippen LogP contribution in [0, 0.1) is 0 Å². The van der Waals surface area contributed by atoms with E-state index in [1.165, 1.54) is 0 Å². The third-order valence-corrected chi connectivity index (χ3v) is 1.42. The van der Waals surface area contributed by atoms with Crippen molar-refractivity contribution in [3.8, 4) is 0 Å². The number of hydrogen-bond donors (Lipinski definition) is 6. The van der Waals surface area contributed by atoms with E-state index < -0.39 is 31.0 Å². The maximum Gasteiger partial charge on any atom is 0.151 e. The first-order chi connectivity index (χ1) is 5.54. The van der Waals surface area contributed by atoms with Gasteiger partial charge in [-0.25, -0.2) is 0 Å². The molecular formula is C6H15NO6. The zero-order chi connectivity index (χ0) is 9.72. The molecule has 7 heteroatoms. The molecule has 8 N–H and O–H groups in total. The van der Waals surface area contributed by atoms with Crippen molar-refractivity contribution in [2.75, 3.05) is 6.61 Å². The molecule has 0 radical (unpaired) electrons. The molecule has 0 spiro atoms. The molecule has 80 valence electrons. The summed E-state index contributed by atoms with van der Waals surface area (Å²) in [4.78, 5) is 9.90. The second-order valence-corrected chi connectivity index (χ2v) is 2.36. The molecular weight excluding hydrogens is 182 g/mol. The van der Waals surface area contributed by atoms with Gasteiger partial charge in [0.15, 0.2) is 6.29 Å². The topological polar surface area (TPSA) is 153 Å². The summed E-state index contributed by atoms with van der Waals surface area (Å²) in [5.41, 5.74) is 0. The third-order valence-electron chi connectivity index (χ3n) is 1.42. The number of aliphatic hydroxyl groups is 5. The Bertz CT molecular complexity index is 143. The standard InChI is InChI=1S/C6H12O6.H3N/c7-1-3(9)5(11)6(12)4(10)2-8;/h1,3-6,8-12H,2H2;1H3/t3-,4+,5+,6-;/m0./s1. The lowest BCUT2D eigenvalue weighted by molar-refractivity contribution is -0.136. The van der Waals surface area contributed by atoms with Gasteiger partial charge in [-0.1, -0.05) is 0 Å². The van der Waals surface area contributed by atoms with E-state index in [9.17, 15) is 4.79 Å². The summed E-state index contributed by atoms with van der Waals surface area (Å²) in [6.07, 6.45) is -6.84. The number of aldehydes is 1. The van der Waals surface area contributed by atoms with Crippen LogP contribution < -0.4 is 6.15 Å². The Labute approximate surface area is 74.8 Å². The molecule has 0 aromatic carbocycles. The van der Waals surface area contributed by atoms with E-state index in [4.69, 9.17) is 25.5 Å². The van der Waals surface area contributed by atoms with Crippen LogP contribution >= 0.6 is 0 Å². The fourth-order valence-corrected chi connectivity index (χ4v) is 0.618. The number of carbonyl (C=O) groups is 1. The molecule has 0 bridgehead atoms. The summed E-state index contributed by atoms with van der Waals surface area (Å²) in [6, 6.07) is 0. The fourth-order valence-electron chi connectivity index (χ4n) is 0.618. The van der Waals surface area contributed by atoms with E-state index in [0.29, 0.717) is 0 Å². The van der Waals surface area contributed by atoms with Crippen molar-refractivity contribution in [3.05, 3.63) is 0 Å². The van der Waals surface area contributed by atoms with Gasteiger partial charge in [0, 0.05) is 0 Å². The molecule has 0 rings (SSSR count). The van der Waals surface area contributed by atoms with Gasteiger partial charge in [-0.3, -0.25) is 0 Å². The molecule has 0 amide bonds. The largest absolute Gasteiger partial charge is 0.394 e. The smallest absolute Gasteiger partial charge is 0.151 e. The quantitative estimate of drug-likeness (QED) is 0.253. The average Bonchev–Trinajstić information content (AvgIpc) is 2.12. The highest BCUT2D eigenvalue weighted by atomic mass is 16.4. The predicted octanol–water partition coefficient (Wildman–Crippen LogP) is -3.22. The second-order valence-electron chi connectivity index (χ2n) is 2.36. The molecule has 0 aromatic rings. The van der Waals surface area contributed by atoms with Crippen LogP contribution in [0.3, 0.4) is 0 Å². The molecule has 0 saturated carbocycles. The first-order valence-corrected chi connectivity index (χ1v) is 3.33. The van der Waals surface area contributed by atoms with Crippen molar-refractivity contribution in [1.82, 2.24) is 6.15 Å². The van der Waals surface area contributed by atoms with Crippen molar-refractivity contribution in [3.63, 3.8) is 0 Å². The lowest BCUT2D eigenvalue weighted by Crippen LogP contribution is -2.46. The van der Waals surface area contributed by atoms with Gasteiger partial charge < -0.3 is 36.5 Å². The van der Waals surface area contributed by atoms with Gasteiger partial charge in [-0.15, -0.1) is 0 Å². The van der Waals surface area contributed by atoms with E-state index in [1.807, 2.05) is 0 Å². The Hall–Kier alpha value is -0.570. The van der Waals surface area contributed by atoms with E-state index >= 15 is 0 Å². The molecule has 4 atom stereocenters. The van der Waals surface area contributed by atoms with Gasteiger partial charge in [0.05, 0.1) is 6.61 Å². The molecule has 0 unspecified atom stereocenters. The summed E-state index contributed by atoms with van der Waals surface area (Å²) >= 11 is 0. The molecule has 0 fully saturated rings. The normalized spacial score (nSPS) is 19.5. The summed E-state index contributed by atoms with van der Waals surface area (Å²) < 4.78 is 0. The zero-order valence-corrected chi connectivity index (χ0v) is 6.95. The van der Waals surface area contributed by atoms with Gasteiger partial charge in [-0.05, 0) is 0 Å². The maximum atomic E-state index is 9.90. The Kier molecular flexibility index (Phi) is 7.92. The molecule has 0 saturated heterocycles. The first kappa shape index (κ1) is 14.9. The Balaban J connectivity index is 0. The number of carbonyl (C=O) groups excluding carboxylic acids is 1. The minimum Gasteiger partial charge on any atom is -0.394 e. The van der Waals surface area contributed by atoms with Gasteiger partial charge in [-0.2, -0.15) is 0 Å². The minimum atomic E-state index is -1.79. The van der Waals surface area contributed by atoms with Crippen LogP contribution in [0.2, 0.25) is 0 Å². The molecule has 0 heterocycles. The first-order valence-electron chi connectivity index (χ1n) is 3.33. The summed E-state index contributed by atoms with van der Waals surface area (Å²) in [6.45, 7) is -0.760. The van der Waals surface area contributed by atoms with Crippen LogP contribution in [-0.2, 0) is 4.79 Å². The highest BCUT2D eigenvalue weighted by Gasteiger charge is 2.29. The monoisotopic (exact) mass is 197 g/mol. The lowest BCUT2D eigenvalue weighted by Gasteiger charge is -2.22.